The van der Waals surface area contributed by atoms with E-state index in [0.29, 0.717) is 0 Å². The first-order chi connectivity index (χ1) is 13.7. The fourth-order valence-electron chi connectivity index (χ4n) is 4.35. The number of benzene rings is 2. The van der Waals surface area contributed by atoms with Gasteiger partial charge in [-0.3, -0.25) is 0 Å². The Morgan fingerprint density at radius 3 is 2.54 bits per heavy atom. The zero-order valence-electron chi connectivity index (χ0n) is 17.2. The molecule has 0 radical (unpaired) electrons. The molecule has 0 bridgehead atoms. The monoisotopic (exact) mass is 552 g/mol. The van der Waals surface area contributed by atoms with E-state index < -0.39 is 22.9 Å². The summed E-state index contributed by atoms with van der Waals surface area (Å²) in [5.74, 6) is 0. The maximum atomic E-state index is 2.50. The Kier molecular flexibility index (Phi) is 6.64. The first-order valence-corrected chi connectivity index (χ1v) is 15.3. The number of allylic oxidation sites excluding steroid dienone is 5. The van der Waals surface area contributed by atoms with Crippen molar-refractivity contribution in [2.24, 2.45) is 0 Å². The zero-order valence-corrected chi connectivity index (χ0v) is 21.8. The SMILES string of the molecule is CCCCC1=[C]([Hf][CH]2C(C)=C(Pc3ccccc3)c3ccccc32)CC=C1C. The van der Waals surface area contributed by atoms with Gasteiger partial charge in [-0.1, -0.05) is 0 Å². The van der Waals surface area contributed by atoms with E-state index in [1.165, 1.54) is 36.6 Å². The van der Waals surface area contributed by atoms with Crippen molar-refractivity contribution in [2.45, 2.75) is 50.1 Å². The predicted octanol–water partition coefficient (Wildman–Crippen LogP) is 7.35. The van der Waals surface area contributed by atoms with Crippen LogP contribution >= 0.6 is 8.58 Å². The summed E-state index contributed by atoms with van der Waals surface area (Å²) in [5.41, 5.74) is 8.18. The molecule has 0 saturated carbocycles. The maximum absolute atomic E-state index is 2.50. The van der Waals surface area contributed by atoms with Gasteiger partial charge in [-0.25, -0.2) is 0 Å². The summed E-state index contributed by atoms with van der Waals surface area (Å²) in [5, 5.41) is 3.08. The normalized spacial score (nSPS) is 19.0. The molecule has 0 saturated heterocycles. The van der Waals surface area contributed by atoms with Gasteiger partial charge in [0.2, 0.25) is 0 Å². The van der Waals surface area contributed by atoms with Crippen LogP contribution in [0.25, 0.3) is 5.31 Å². The molecule has 2 heteroatoms. The molecule has 0 heterocycles. The van der Waals surface area contributed by atoms with Crippen molar-refractivity contribution in [3.05, 3.63) is 91.8 Å². The van der Waals surface area contributed by atoms with Crippen LogP contribution in [0.5, 0.6) is 0 Å². The van der Waals surface area contributed by atoms with Gasteiger partial charge in [0.25, 0.3) is 0 Å². The molecule has 2 aromatic rings. The number of rotatable bonds is 7. The molecule has 0 amide bonds. The van der Waals surface area contributed by atoms with Crippen LogP contribution in [-0.2, 0) is 22.9 Å². The third-order valence-corrected chi connectivity index (χ3v) is 14.3. The molecule has 4 rings (SSSR count). The summed E-state index contributed by atoms with van der Waals surface area (Å²) < 4.78 is 2.63. The molecule has 0 spiro atoms. The minimum absolute atomic E-state index is 0.744. The summed E-state index contributed by atoms with van der Waals surface area (Å²) in [6, 6.07) is 20.3. The second-order valence-corrected chi connectivity index (χ2v) is 14.5. The molecule has 0 fully saturated rings. The van der Waals surface area contributed by atoms with Gasteiger partial charge in [0.15, 0.2) is 0 Å². The van der Waals surface area contributed by atoms with Crippen molar-refractivity contribution in [1.29, 1.82) is 0 Å². The molecule has 0 aliphatic heterocycles. The van der Waals surface area contributed by atoms with Crippen LogP contribution in [0.3, 0.4) is 0 Å². The van der Waals surface area contributed by atoms with Gasteiger partial charge in [-0.15, -0.1) is 0 Å². The van der Waals surface area contributed by atoms with Crippen LogP contribution in [0.1, 0.15) is 61.3 Å². The van der Waals surface area contributed by atoms with Crippen molar-refractivity contribution in [3.8, 4) is 0 Å². The van der Waals surface area contributed by atoms with Crippen molar-refractivity contribution in [3.63, 3.8) is 0 Å². The Bertz CT molecular complexity index is 949. The average molecular weight is 551 g/mol. The molecular formula is C26H29HfP. The number of fused-ring (bicyclic) bond motifs is 1. The van der Waals surface area contributed by atoms with Crippen LogP contribution in [0.15, 0.2) is 80.7 Å². The first kappa shape index (κ1) is 20.2. The molecule has 0 N–H and O–H groups in total. The molecule has 2 aromatic carbocycles. The summed E-state index contributed by atoms with van der Waals surface area (Å²) in [6.45, 7) is 7.09. The number of hydrogen-bond donors (Lipinski definition) is 0. The Balaban J connectivity index is 1.66. The second-order valence-electron chi connectivity index (χ2n) is 7.87. The molecule has 0 nitrogen and oxygen atoms in total. The second kappa shape index (κ2) is 9.19. The van der Waals surface area contributed by atoms with E-state index in [0.717, 1.165) is 12.3 Å². The van der Waals surface area contributed by atoms with E-state index in [-0.39, 0.29) is 0 Å². The average Bonchev–Trinajstić information content (AvgIpc) is 3.20. The van der Waals surface area contributed by atoms with Crippen molar-refractivity contribution in [2.75, 3.05) is 0 Å². The fraction of sp³-hybridized carbons (Fsp3) is 0.308. The Hall–Kier alpha value is -1.04. The van der Waals surface area contributed by atoms with Gasteiger partial charge >= 0.3 is 184 Å². The Labute approximate surface area is 183 Å². The van der Waals surface area contributed by atoms with E-state index in [9.17, 15) is 0 Å². The molecule has 2 aliphatic carbocycles. The van der Waals surface area contributed by atoms with Crippen LogP contribution in [0, 0.1) is 0 Å². The first-order valence-electron chi connectivity index (χ1n) is 10.5. The Morgan fingerprint density at radius 2 is 1.75 bits per heavy atom. The molecule has 142 valence electrons. The summed E-state index contributed by atoms with van der Waals surface area (Å²) in [4.78, 5) is 0. The molecule has 2 unspecified atom stereocenters. The number of hydrogen-bond acceptors (Lipinski definition) is 0. The van der Waals surface area contributed by atoms with Gasteiger partial charge in [0.05, 0.1) is 0 Å². The third kappa shape index (κ3) is 4.12. The zero-order chi connectivity index (χ0) is 19.5. The van der Waals surface area contributed by atoms with Crippen molar-refractivity contribution < 1.29 is 22.9 Å². The van der Waals surface area contributed by atoms with Crippen LogP contribution < -0.4 is 5.30 Å². The van der Waals surface area contributed by atoms with Gasteiger partial charge < -0.3 is 0 Å². The van der Waals surface area contributed by atoms with Crippen LogP contribution in [0.2, 0.25) is 0 Å². The Morgan fingerprint density at radius 1 is 1.00 bits per heavy atom. The van der Waals surface area contributed by atoms with Crippen molar-refractivity contribution >= 4 is 19.2 Å². The fourth-order valence-corrected chi connectivity index (χ4v) is 12.8. The van der Waals surface area contributed by atoms with E-state index in [1.54, 1.807) is 27.6 Å². The van der Waals surface area contributed by atoms with Gasteiger partial charge in [-0.2, -0.15) is 0 Å². The summed E-state index contributed by atoms with van der Waals surface area (Å²) in [7, 11) is 0.776. The standard InChI is InChI=1S/C16H14P.C10H15.Hf/c1-12-11-13-7-5-6-10-15(13)16(12)17-14-8-3-2-4-9-14;1-3-4-7-10-8-5-6-9(10)2;/h2-11,17H,1H3;6H,3-5,7H2,1-2H3;. The molecule has 2 aliphatic rings. The predicted molar refractivity (Wildman–Crippen MR) is 121 cm³/mol. The minimum atomic E-state index is -0.962. The quantitative estimate of drug-likeness (QED) is 0.250. The van der Waals surface area contributed by atoms with E-state index in [2.05, 4.69) is 81.4 Å². The summed E-state index contributed by atoms with van der Waals surface area (Å²) >= 11 is -0.962. The topological polar surface area (TPSA) is 0 Å². The van der Waals surface area contributed by atoms with E-state index in [4.69, 9.17) is 0 Å². The van der Waals surface area contributed by atoms with Crippen molar-refractivity contribution in [1.82, 2.24) is 0 Å². The molecule has 0 aromatic heterocycles. The van der Waals surface area contributed by atoms with Gasteiger partial charge in [0, 0.05) is 0 Å². The third-order valence-electron chi connectivity index (χ3n) is 5.96. The number of unbranched alkanes of at least 4 members (excludes halogenated alkanes) is 1. The van der Waals surface area contributed by atoms with Crippen LogP contribution in [0.4, 0.5) is 0 Å². The van der Waals surface area contributed by atoms with Gasteiger partial charge in [0.1, 0.15) is 0 Å². The summed E-state index contributed by atoms with van der Waals surface area (Å²) in [6.07, 6.45) is 7.68. The van der Waals surface area contributed by atoms with Gasteiger partial charge in [-0.05, 0) is 0 Å². The molecular weight excluding hydrogens is 522 g/mol. The van der Waals surface area contributed by atoms with Crippen LogP contribution in [-0.4, -0.2) is 0 Å². The van der Waals surface area contributed by atoms with E-state index in [1.807, 2.05) is 3.33 Å². The molecule has 28 heavy (non-hydrogen) atoms. The van der Waals surface area contributed by atoms with E-state index >= 15 is 0 Å². The molecule has 2 atom stereocenters.